The zero-order valence-corrected chi connectivity index (χ0v) is 12.8. The summed E-state index contributed by atoms with van der Waals surface area (Å²) in [7, 11) is 0. The molecule has 0 bridgehead atoms. The topological polar surface area (TPSA) is 9.23 Å². The average molecular weight is 272 g/mol. The lowest BCUT2D eigenvalue weighted by atomic mass is 10.0. The third-order valence-corrected chi connectivity index (χ3v) is 3.88. The monoisotopic (exact) mass is 272 g/mol. The Labute approximate surface area is 120 Å². The van der Waals surface area contributed by atoms with Gasteiger partial charge in [0.2, 0.25) is 0 Å². The lowest BCUT2D eigenvalue weighted by molar-refractivity contribution is 0.341. The molecule has 0 aliphatic heterocycles. The van der Waals surface area contributed by atoms with Gasteiger partial charge in [0.05, 0.1) is 6.61 Å². The summed E-state index contributed by atoms with van der Waals surface area (Å²) in [5, 5.41) is 0. The van der Waals surface area contributed by atoms with Crippen LogP contribution >= 0.6 is 11.8 Å². The molecule has 0 aliphatic rings. The summed E-state index contributed by atoms with van der Waals surface area (Å²) in [6.45, 7) is 6.96. The van der Waals surface area contributed by atoms with E-state index in [2.05, 4.69) is 56.5 Å². The SMILES string of the molecule is CCOc1ccc(C)cc1-c1cc(C)ccc1SC. The van der Waals surface area contributed by atoms with Crippen LogP contribution in [0.1, 0.15) is 18.1 Å². The molecule has 0 aliphatic carbocycles. The van der Waals surface area contributed by atoms with Gasteiger partial charge in [0.15, 0.2) is 0 Å². The molecule has 0 radical (unpaired) electrons. The van der Waals surface area contributed by atoms with Gasteiger partial charge in [-0.3, -0.25) is 0 Å². The summed E-state index contributed by atoms with van der Waals surface area (Å²) in [6.07, 6.45) is 2.12. The van der Waals surface area contributed by atoms with Gasteiger partial charge in [0.1, 0.15) is 5.75 Å². The van der Waals surface area contributed by atoms with E-state index in [0.29, 0.717) is 6.61 Å². The second kappa shape index (κ2) is 6.16. The van der Waals surface area contributed by atoms with Crippen molar-refractivity contribution in [3.8, 4) is 16.9 Å². The Morgan fingerprint density at radius 1 is 0.947 bits per heavy atom. The molecule has 100 valence electrons. The van der Waals surface area contributed by atoms with Crippen LogP contribution in [0.2, 0.25) is 0 Å². The largest absolute Gasteiger partial charge is 0.493 e. The van der Waals surface area contributed by atoms with Crippen molar-refractivity contribution in [2.75, 3.05) is 12.9 Å². The first-order valence-electron chi connectivity index (χ1n) is 6.54. The van der Waals surface area contributed by atoms with Crippen molar-refractivity contribution in [2.24, 2.45) is 0 Å². The van der Waals surface area contributed by atoms with E-state index < -0.39 is 0 Å². The van der Waals surface area contributed by atoms with Gasteiger partial charge in [-0.2, -0.15) is 0 Å². The van der Waals surface area contributed by atoms with Crippen LogP contribution in [-0.4, -0.2) is 12.9 Å². The standard InChI is InChI=1S/C17H20OS/c1-5-18-16-8-6-12(2)10-14(16)15-11-13(3)7-9-17(15)19-4/h6-11H,5H2,1-4H3. The molecule has 2 heteroatoms. The molecule has 0 saturated carbocycles. The van der Waals surface area contributed by atoms with Crippen LogP contribution in [0.3, 0.4) is 0 Å². The summed E-state index contributed by atoms with van der Waals surface area (Å²) in [5.74, 6) is 0.967. The fraction of sp³-hybridized carbons (Fsp3) is 0.294. The first kappa shape index (κ1) is 14.0. The van der Waals surface area contributed by atoms with Gasteiger partial charge >= 0.3 is 0 Å². The normalized spacial score (nSPS) is 10.5. The molecule has 0 amide bonds. The van der Waals surface area contributed by atoms with E-state index in [0.717, 1.165) is 5.75 Å². The van der Waals surface area contributed by atoms with Crippen molar-refractivity contribution < 1.29 is 4.74 Å². The number of benzene rings is 2. The van der Waals surface area contributed by atoms with Gasteiger partial charge in [0, 0.05) is 10.5 Å². The minimum absolute atomic E-state index is 0.691. The fourth-order valence-corrected chi connectivity index (χ4v) is 2.76. The molecule has 2 aromatic rings. The van der Waals surface area contributed by atoms with Crippen molar-refractivity contribution >= 4 is 11.8 Å². The van der Waals surface area contributed by atoms with Crippen LogP contribution < -0.4 is 4.74 Å². The summed E-state index contributed by atoms with van der Waals surface area (Å²) in [5.41, 5.74) is 4.98. The van der Waals surface area contributed by atoms with E-state index in [-0.39, 0.29) is 0 Å². The lowest BCUT2D eigenvalue weighted by Crippen LogP contribution is -1.95. The van der Waals surface area contributed by atoms with Crippen LogP contribution in [0.5, 0.6) is 5.75 Å². The van der Waals surface area contributed by atoms with Crippen molar-refractivity contribution in [2.45, 2.75) is 25.7 Å². The number of rotatable bonds is 4. The Balaban J connectivity index is 2.62. The zero-order chi connectivity index (χ0) is 13.8. The highest BCUT2D eigenvalue weighted by molar-refractivity contribution is 7.98. The molecular weight excluding hydrogens is 252 g/mol. The van der Waals surface area contributed by atoms with Gasteiger partial charge < -0.3 is 4.74 Å². The summed E-state index contributed by atoms with van der Waals surface area (Å²) < 4.78 is 5.78. The Kier molecular flexibility index (Phi) is 4.54. The molecule has 0 fully saturated rings. The fourth-order valence-electron chi connectivity index (χ4n) is 2.17. The maximum Gasteiger partial charge on any atom is 0.127 e. The number of hydrogen-bond acceptors (Lipinski definition) is 2. The lowest BCUT2D eigenvalue weighted by Gasteiger charge is -2.14. The second-order valence-corrected chi connectivity index (χ2v) is 5.48. The maximum atomic E-state index is 5.78. The Morgan fingerprint density at radius 3 is 2.21 bits per heavy atom. The van der Waals surface area contributed by atoms with Crippen molar-refractivity contribution in [1.82, 2.24) is 0 Å². The molecule has 2 rings (SSSR count). The number of aryl methyl sites for hydroxylation is 2. The minimum atomic E-state index is 0.691. The third kappa shape index (κ3) is 3.13. The highest BCUT2D eigenvalue weighted by Gasteiger charge is 2.11. The molecule has 0 aromatic heterocycles. The van der Waals surface area contributed by atoms with Crippen molar-refractivity contribution in [3.05, 3.63) is 47.5 Å². The van der Waals surface area contributed by atoms with E-state index in [1.807, 2.05) is 6.92 Å². The van der Waals surface area contributed by atoms with Gasteiger partial charge in [-0.1, -0.05) is 29.3 Å². The minimum Gasteiger partial charge on any atom is -0.493 e. The van der Waals surface area contributed by atoms with Crippen LogP contribution in [0.15, 0.2) is 41.3 Å². The van der Waals surface area contributed by atoms with E-state index in [4.69, 9.17) is 4.74 Å². The Morgan fingerprint density at radius 2 is 1.58 bits per heavy atom. The maximum absolute atomic E-state index is 5.78. The summed E-state index contributed by atoms with van der Waals surface area (Å²) >= 11 is 1.78. The van der Waals surface area contributed by atoms with Crippen LogP contribution in [0.4, 0.5) is 0 Å². The quantitative estimate of drug-likeness (QED) is 0.717. The first-order chi connectivity index (χ1) is 9.15. The highest BCUT2D eigenvalue weighted by Crippen LogP contribution is 2.37. The van der Waals surface area contributed by atoms with Gasteiger partial charge in [-0.05, 0) is 50.8 Å². The van der Waals surface area contributed by atoms with Crippen molar-refractivity contribution in [1.29, 1.82) is 0 Å². The Bertz CT molecular complexity index is 575. The predicted molar refractivity (Wildman–Crippen MR) is 84.3 cm³/mol. The van der Waals surface area contributed by atoms with Crippen molar-refractivity contribution in [3.63, 3.8) is 0 Å². The van der Waals surface area contributed by atoms with E-state index in [1.54, 1.807) is 11.8 Å². The molecule has 0 unspecified atom stereocenters. The predicted octanol–water partition coefficient (Wildman–Crippen LogP) is 5.09. The molecule has 2 aromatic carbocycles. The molecule has 0 atom stereocenters. The third-order valence-electron chi connectivity index (χ3n) is 3.08. The molecule has 0 spiro atoms. The number of thioether (sulfide) groups is 1. The zero-order valence-electron chi connectivity index (χ0n) is 12.0. The molecule has 0 saturated heterocycles. The van der Waals surface area contributed by atoms with Gasteiger partial charge in [0.25, 0.3) is 0 Å². The smallest absolute Gasteiger partial charge is 0.127 e. The van der Waals surface area contributed by atoms with Crippen LogP contribution in [0.25, 0.3) is 11.1 Å². The molecule has 0 heterocycles. The number of hydrogen-bond donors (Lipinski definition) is 0. The molecule has 1 nitrogen and oxygen atoms in total. The average Bonchev–Trinajstić information content (AvgIpc) is 2.41. The summed E-state index contributed by atoms with van der Waals surface area (Å²) in [6, 6.07) is 13.0. The van der Waals surface area contributed by atoms with E-state index >= 15 is 0 Å². The van der Waals surface area contributed by atoms with Gasteiger partial charge in [-0.15, -0.1) is 11.8 Å². The molecular formula is C17H20OS. The molecule has 19 heavy (non-hydrogen) atoms. The molecule has 0 N–H and O–H groups in total. The van der Waals surface area contributed by atoms with E-state index in [9.17, 15) is 0 Å². The highest BCUT2D eigenvalue weighted by atomic mass is 32.2. The van der Waals surface area contributed by atoms with Gasteiger partial charge in [-0.25, -0.2) is 0 Å². The van der Waals surface area contributed by atoms with E-state index in [1.165, 1.54) is 27.1 Å². The second-order valence-electron chi connectivity index (χ2n) is 4.64. The first-order valence-corrected chi connectivity index (χ1v) is 7.76. The Hall–Kier alpha value is -1.41. The van der Waals surface area contributed by atoms with Crippen LogP contribution in [-0.2, 0) is 0 Å². The summed E-state index contributed by atoms with van der Waals surface area (Å²) in [4.78, 5) is 1.29. The number of ether oxygens (including phenoxy) is 1. The van der Waals surface area contributed by atoms with Crippen LogP contribution in [0, 0.1) is 13.8 Å².